The van der Waals surface area contributed by atoms with Crippen LogP contribution in [0.15, 0.2) is 48.5 Å². The summed E-state index contributed by atoms with van der Waals surface area (Å²) in [6, 6.07) is 14.3. The summed E-state index contributed by atoms with van der Waals surface area (Å²) in [4.78, 5) is 2.03. The molecule has 2 aromatic rings. The normalized spacial score (nSPS) is 23.5. The van der Waals surface area contributed by atoms with Crippen LogP contribution in [0.4, 0.5) is 10.1 Å². The van der Waals surface area contributed by atoms with Crippen molar-refractivity contribution in [3.8, 4) is 0 Å². The van der Waals surface area contributed by atoms with Gasteiger partial charge in [0.2, 0.25) is 0 Å². The molecule has 0 fully saturated rings. The molecule has 0 bridgehead atoms. The quantitative estimate of drug-likeness (QED) is 0.848. The number of hydrogen-bond donors (Lipinski definition) is 1. The highest BCUT2D eigenvalue weighted by Crippen LogP contribution is 2.40. The number of aliphatic hydroxyl groups is 1. The lowest BCUT2D eigenvalue weighted by atomic mass is 10.00. The first kappa shape index (κ1) is 15.7. The third-order valence-electron chi connectivity index (χ3n) is 4.71. The molecule has 1 N–H and O–H groups in total. The second kappa shape index (κ2) is 5.90. The van der Waals surface area contributed by atoms with Gasteiger partial charge in [-0.2, -0.15) is 4.90 Å². The van der Waals surface area contributed by atoms with Gasteiger partial charge in [0.1, 0.15) is 11.5 Å². The van der Waals surface area contributed by atoms with Crippen molar-refractivity contribution in [1.82, 2.24) is 0 Å². The van der Waals surface area contributed by atoms with Gasteiger partial charge in [-0.1, -0.05) is 18.2 Å². The molecule has 1 unspecified atom stereocenters. The van der Waals surface area contributed by atoms with Crippen LogP contribution >= 0.6 is 11.8 Å². The molecule has 2 aliphatic heterocycles. The van der Waals surface area contributed by atoms with Crippen LogP contribution in [0.2, 0.25) is 0 Å². The first-order valence-electron chi connectivity index (χ1n) is 8.18. The highest BCUT2D eigenvalue weighted by atomic mass is 32.2. The van der Waals surface area contributed by atoms with E-state index in [1.54, 1.807) is 23.9 Å². The Morgan fingerprint density at radius 3 is 2.67 bits per heavy atom. The zero-order chi connectivity index (χ0) is 16.7. The molecule has 0 saturated carbocycles. The topological polar surface area (TPSA) is 26.5 Å². The predicted molar refractivity (Wildman–Crippen MR) is 96.0 cm³/mol. The standard InChI is InChI=1S/C19H20FN2OS/c1-14-5-2-3-6-17(14)22-18-21(11-4-12-24-18)13-19(22,23)15-7-9-16(20)10-8-15/h2-3,5-10,23H,4,11-13H2,1H3/q+1. The van der Waals surface area contributed by atoms with E-state index >= 15 is 0 Å². The van der Waals surface area contributed by atoms with Gasteiger partial charge < -0.3 is 5.11 Å². The van der Waals surface area contributed by atoms with Crippen molar-refractivity contribution in [3.05, 3.63) is 65.5 Å². The van der Waals surface area contributed by atoms with Crippen LogP contribution in [-0.4, -0.2) is 33.7 Å². The molecule has 1 atom stereocenters. The zero-order valence-corrected chi connectivity index (χ0v) is 14.4. The lowest BCUT2D eigenvalue weighted by Gasteiger charge is -2.29. The van der Waals surface area contributed by atoms with Crippen LogP contribution in [0.5, 0.6) is 0 Å². The van der Waals surface area contributed by atoms with Crippen molar-refractivity contribution in [3.63, 3.8) is 0 Å². The third kappa shape index (κ3) is 2.43. The fourth-order valence-electron chi connectivity index (χ4n) is 3.51. The second-order valence-corrected chi connectivity index (χ2v) is 7.41. The van der Waals surface area contributed by atoms with E-state index in [-0.39, 0.29) is 5.82 Å². The van der Waals surface area contributed by atoms with E-state index in [1.165, 1.54) is 12.1 Å². The van der Waals surface area contributed by atoms with Crippen LogP contribution in [0.1, 0.15) is 17.5 Å². The van der Waals surface area contributed by atoms with Gasteiger partial charge in [0.25, 0.3) is 5.72 Å². The van der Waals surface area contributed by atoms with Crippen LogP contribution in [0.3, 0.4) is 0 Å². The first-order chi connectivity index (χ1) is 11.6. The number of aryl methyl sites for hydroxylation is 1. The van der Waals surface area contributed by atoms with Crippen LogP contribution in [0, 0.1) is 12.7 Å². The summed E-state index contributed by atoms with van der Waals surface area (Å²) in [7, 11) is 0. The molecule has 2 heterocycles. The Balaban J connectivity index is 1.87. The highest BCUT2D eigenvalue weighted by Gasteiger charge is 2.55. The molecule has 24 heavy (non-hydrogen) atoms. The molecule has 0 saturated heterocycles. The van der Waals surface area contributed by atoms with Gasteiger partial charge in [0.15, 0.2) is 6.54 Å². The molecule has 0 aromatic heterocycles. The molecule has 0 aliphatic carbocycles. The molecule has 124 valence electrons. The lowest BCUT2D eigenvalue weighted by Crippen LogP contribution is -2.47. The molecule has 0 amide bonds. The Morgan fingerprint density at radius 1 is 1.17 bits per heavy atom. The number of amidine groups is 1. The van der Waals surface area contributed by atoms with Crippen molar-refractivity contribution in [1.29, 1.82) is 0 Å². The summed E-state index contributed by atoms with van der Waals surface area (Å²) >= 11 is 1.78. The fraction of sp³-hybridized carbons (Fsp3) is 0.316. The van der Waals surface area contributed by atoms with E-state index < -0.39 is 5.72 Å². The minimum Gasteiger partial charge on any atom is -0.346 e. The molecule has 4 rings (SSSR count). The van der Waals surface area contributed by atoms with Gasteiger partial charge in [0.05, 0.1) is 6.54 Å². The number of para-hydroxylation sites is 1. The van der Waals surface area contributed by atoms with E-state index in [0.29, 0.717) is 6.54 Å². The highest BCUT2D eigenvalue weighted by molar-refractivity contribution is 8.14. The van der Waals surface area contributed by atoms with Crippen molar-refractivity contribution >= 4 is 22.6 Å². The third-order valence-corrected chi connectivity index (χ3v) is 5.90. The number of halogens is 1. The van der Waals surface area contributed by atoms with Gasteiger partial charge in [-0.3, -0.25) is 0 Å². The first-order valence-corrected chi connectivity index (χ1v) is 9.17. The van der Waals surface area contributed by atoms with E-state index in [4.69, 9.17) is 0 Å². The molecule has 3 nitrogen and oxygen atoms in total. The monoisotopic (exact) mass is 343 g/mol. The summed E-state index contributed by atoms with van der Waals surface area (Å²) in [5, 5.41) is 12.7. The smallest absolute Gasteiger partial charge is 0.316 e. The number of hydrogen-bond acceptors (Lipinski definition) is 3. The maximum atomic E-state index is 13.4. The van der Waals surface area contributed by atoms with Gasteiger partial charge in [-0.25, -0.2) is 8.97 Å². The summed E-state index contributed by atoms with van der Waals surface area (Å²) in [6.45, 7) is 3.49. The minimum absolute atomic E-state index is 0.289. The summed E-state index contributed by atoms with van der Waals surface area (Å²) < 4.78 is 15.6. The molecule has 2 aliphatic rings. The Bertz CT molecular complexity index is 805. The van der Waals surface area contributed by atoms with Gasteiger partial charge in [0, 0.05) is 11.3 Å². The summed E-state index contributed by atoms with van der Waals surface area (Å²) in [5.74, 6) is 0.760. The van der Waals surface area contributed by atoms with Gasteiger partial charge in [-0.05, 0) is 61.0 Å². The van der Waals surface area contributed by atoms with E-state index in [1.807, 2.05) is 23.1 Å². The number of thioether (sulfide) groups is 1. The zero-order valence-electron chi connectivity index (χ0n) is 13.6. The molecule has 0 radical (unpaired) electrons. The Hall–Kier alpha value is -1.85. The molecular formula is C19H20FN2OS+. The van der Waals surface area contributed by atoms with Crippen LogP contribution in [-0.2, 0) is 5.72 Å². The predicted octanol–water partition coefficient (Wildman–Crippen LogP) is 3.30. The van der Waals surface area contributed by atoms with Gasteiger partial charge in [-0.15, -0.1) is 0 Å². The maximum absolute atomic E-state index is 13.4. The number of benzene rings is 2. The van der Waals surface area contributed by atoms with Crippen molar-refractivity contribution in [2.45, 2.75) is 19.1 Å². The largest absolute Gasteiger partial charge is 0.346 e. The molecular weight excluding hydrogens is 323 g/mol. The minimum atomic E-state index is -1.19. The summed E-state index contributed by atoms with van der Waals surface area (Å²) in [5.41, 5.74) is 1.64. The Kier molecular flexibility index (Phi) is 3.85. The molecule has 0 spiro atoms. The Morgan fingerprint density at radius 2 is 1.92 bits per heavy atom. The second-order valence-electron chi connectivity index (χ2n) is 6.35. The van der Waals surface area contributed by atoms with Crippen LogP contribution < -0.4 is 4.90 Å². The number of rotatable bonds is 2. The van der Waals surface area contributed by atoms with E-state index in [0.717, 1.165) is 40.7 Å². The maximum Gasteiger partial charge on any atom is 0.316 e. The average Bonchev–Trinajstić information content (AvgIpc) is 2.89. The number of nitrogens with zero attached hydrogens (tertiary/aromatic N) is 2. The van der Waals surface area contributed by atoms with E-state index in [9.17, 15) is 9.50 Å². The van der Waals surface area contributed by atoms with Gasteiger partial charge >= 0.3 is 5.17 Å². The van der Waals surface area contributed by atoms with Crippen molar-refractivity contribution in [2.75, 3.05) is 23.7 Å². The SMILES string of the molecule is Cc1ccccc1N1C2=[N+](CCCS2)CC1(O)c1ccc(F)cc1. The molecule has 5 heteroatoms. The Labute approximate surface area is 145 Å². The average molecular weight is 343 g/mol. The fourth-order valence-corrected chi connectivity index (χ4v) is 4.68. The van der Waals surface area contributed by atoms with E-state index in [2.05, 4.69) is 17.6 Å². The van der Waals surface area contributed by atoms with Crippen molar-refractivity contribution < 1.29 is 14.1 Å². The lowest BCUT2D eigenvalue weighted by molar-refractivity contribution is -0.532. The number of anilines is 1. The summed E-state index contributed by atoms with van der Waals surface area (Å²) in [6.07, 6.45) is 1.11. The van der Waals surface area contributed by atoms with Crippen molar-refractivity contribution in [2.24, 2.45) is 0 Å². The van der Waals surface area contributed by atoms with Crippen LogP contribution in [0.25, 0.3) is 0 Å². The molecule has 2 aromatic carbocycles.